The maximum Gasteiger partial charge on any atom is 0.261 e. The van der Waals surface area contributed by atoms with E-state index in [0.717, 1.165) is 30.8 Å². The van der Waals surface area contributed by atoms with Gasteiger partial charge in [-0.05, 0) is 31.4 Å². The first-order valence-electron chi connectivity index (χ1n) is 8.87. The number of rotatable bonds is 4. The van der Waals surface area contributed by atoms with Gasteiger partial charge in [0.25, 0.3) is 5.56 Å². The molecule has 26 heavy (non-hydrogen) atoms. The third-order valence-electron chi connectivity index (χ3n) is 4.86. The van der Waals surface area contributed by atoms with Crippen LogP contribution in [0.3, 0.4) is 0 Å². The maximum atomic E-state index is 12.8. The van der Waals surface area contributed by atoms with Gasteiger partial charge in [-0.3, -0.25) is 14.2 Å². The molecule has 3 heterocycles. The average Bonchev–Trinajstić information content (AvgIpc) is 3.22. The van der Waals surface area contributed by atoms with Crippen LogP contribution in [0.2, 0.25) is 0 Å². The molecule has 6 nitrogen and oxygen atoms in total. The zero-order valence-electron chi connectivity index (χ0n) is 14.4. The van der Waals surface area contributed by atoms with E-state index in [1.807, 2.05) is 28.5 Å². The van der Waals surface area contributed by atoms with E-state index in [9.17, 15) is 9.59 Å². The Morgan fingerprint density at radius 3 is 2.96 bits per heavy atom. The van der Waals surface area contributed by atoms with Crippen molar-refractivity contribution >= 4 is 28.1 Å². The van der Waals surface area contributed by atoms with Crippen molar-refractivity contribution in [1.82, 2.24) is 19.4 Å². The van der Waals surface area contributed by atoms with E-state index in [1.165, 1.54) is 10.9 Å². The standard InChI is InChI=1S/C19H20N4O2S/c24-17(23-10-4-3-7-16(23)18-20-9-12-26-18)8-11-22-13-21-15-6-2-1-5-14(15)19(22)25/h1-2,5-6,9,12-13,16H,3-4,7-8,10-11H2/t16-/m1/s1. The number of nitrogens with zero attached hydrogens (tertiary/aromatic N) is 4. The van der Waals surface area contributed by atoms with Crippen LogP contribution in [-0.4, -0.2) is 31.9 Å². The molecule has 1 atom stereocenters. The van der Waals surface area contributed by atoms with E-state index in [4.69, 9.17) is 0 Å². The molecule has 0 unspecified atom stereocenters. The number of benzene rings is 1. The predicted octanol–water partition coefficient (Wildman–Crippen LogP) is 3.00. The Bertz CT molecular complexity index is 967. The molecule has 0 spiro atoms. The van der Waals surface area contributed by atoms with Crippen LogP contribution in [0.5, 0.6) is 0 Å². The van der Waals surface area contributed by atoms with Crippen molar-refractivity contribution in [3.8, 4) is 0 Å². The highest BCUT2D eigenvalue weighted by molar-refractivity contribution is 7.09. The van der Waals surface area contributed by atoms with E-state index in [2.05, 4.69) is 9.97 Å². The van der Waals surface area contributed by atoms with Gasteiger partial charge in [-0.1, -0.05) is 12.1 Å². The van der Waals surface area contributed by atoms with Crippen molar-refractivity contribution < 1.29 is 4.79 Å². The minimum atomic E-state index is -0.0986. The van der Waals surface area contributed by atoms with Gasteiger partial charge in [-0.25, -0.2) is 9.97 Å². The molecular weight excluding hydrogens is 348 g/mol. The number of likely N-dealkylation sites (tertiary alicyclic amines) is 1. The van der Waals surface area contributed by atoms with E-state index in [1.54, 1.807) is 23.6 Å². The van der Waals surface area contributed by atoms with Crippen LogP contribution in [0, 0.1) is 0 Å². The van der Waals surface area contributed by atoms with Crippen LogP contribution in [0.4, 0.5) is 0 Å². The Labute approximate surface area is 155 Å². The first-order chi connectivity index (χ1) is 12.7. The van der Waals surface area contributed by atoms with Gasteiger partial charge < -0.3 is 4.90 Å². The van der Waals surface area contributed by atoms with Gasteiger partial charge in [0.05, 0.1) is 23.3 Å². The summed E-state index contributed by atoms with van der Waals surface area (Å²) < 4.78 is 1.53. The van der Waals surface area contributed by atoms with Crippen molar-refractivity contribution in [3.63, 3.8) is 0 Å². The van der Waals surface area contributed by atoms with Crippen LogP contribution in [-0.2, 0) is 11.3 Å². The highest BCUT2D eigenvalue weighted by atomic mass is 32.1. The lowest BCUT2D eigenvalue weighted by Crippen LogP contribution is -2.39. The number of para-hydroxylation sites is 1. The Hall–Kier alpha value is -2.54. The van der Waals surface area contributed by atoms with Crippen molar-refractivity contribution in [3.05, 3.63) is 57.5 Å². The summed E-state index contributed by atoms with van der Waals surface area (Å²) in [4.78, 5) is 36.0. The molecule has 4 rings (SSSR count). The molecule has 0 aliphatic carbocycles. The van der Waals surface area contributed by atoms with E-state index < -0.39 is 0 Å². The minimum absolute atomic E-state index is 0.0719. The van der Waals surface area contributed by atoms with Gasteiger partial charge in [0, 0.05) is 31.1 Å². The van der Waals surface area contributed by atoms with Gasteiger partial charge in [0.1, 0.15) is 5.01 Å². The second-order valence-corrected chi connectivity index (χ2v) is 7.41. The number of piperidine rings is 1. The lowest BCUT2D eigenvalue weighted by molar-refractivity contribution is -0.135. The molecule has 1 aliphatic rings. The molecular formula is C19H20N4O2S. The molecule has 1 aliphatic heterocycles. The number of fused-ring (bicyclic) bond motifs is 1. The van der Waals surface area contributed by atoms with Gasteiger partial charge in [-0.2, -0.15) is 0 Å². The zero-order chi connectivity index (χ0) is 17.9. The molecule has 7 heteroatoms. The van der Waals surface area contributed by atoms with Crippen LogP contribution in [0.25, 0.3) is 10.9 Å². The summed E-state index contributed by atoms with van der Waals surface area (Å²) in [6.07, 6.45) is 6.70. The third kappa shape index (κ3) is 3.26. The number of aromatic nitrogens is 3. The first kappa shape index (κ1) is 16.9. The highest BCUT2D eigenvalue weighted by Gasteiger charge is 2.29. The Balaban J connectivity index is 1.50. The third-order valence-corrected chi connectivity index (χ3v) is 5.73. The summed E-state index contributed by atoms with van der Waals surface area (Å²) in [7, 11) is 0. The van der Waals surface area contributed by atoms with E-state index >= 15 is 0 Å². The fourth-order valence-electron chi connectivity index (χ4n) is 3.51. The van der Waals surface area contributed by atoms with Crippen molar-refractivity contribution in [2.75, 3.05) is 6.54 Å². The largest absolute Gasteiger partial charge is 0.333 e. The van der Waals surface area contributed by atoms with Crippen molar-refractivity contribution in [1.29, 1.82) is 0 Å². The second kappa shape index (κ2) is 7.37. The summed E-state index contributed by atoms with van der Waals surface area (Å²) >= 11 is 1.60. The lowest BCUT2D eigenvalue weighted by Gasteiger charge is -2.34. The van der Waals surface area contributed by atoms with Crippen molar-refractivity contribution in [2.45, 2.75) is 38.3 Å². The number of amides is 1. The minimum Gasteiger partial charge on any atom is -0.333 e. The number of hydrogen-bond acceptors (Lipinski definition) is 5. The fraction of sp³-hybridized carbons (Fsp3) is 0.368. The van der Waals surface area contributed by atoms with E-state index in [0.29, 0.717) is 23.9 Å². The zero-order valence-corrected chi connectivity index (χ0v) is 15.2. The molecule has 1 saturated heterocycles. The maximum absolute atomic E-state index is 12.8. The van der Waals surface area contributed by atoms with Gasteiger partial charge >= 0.3 is 0 Å². The Morgan fingerprint density at radius 1 is 1.23 bits per heavy atom. The number of hydrogen-bond donors (Lipinski definition) is 0. The molecule has 3 aromatic rings. The number of carbonyl (C=O) groups excluding carboxylic acids is 1. The number of aryl methyl sites for hydroxylation is 1. The summed E-state index contributed by atoms with van der Waals surface area (Å²) in [5.41, 5.74) is 0.582. The molecule has 0 saturated carbocycles. The topological polar surface area (TPSA) is 68.1 Å². The number of thiazole rings is 1. The predicted molar refractivity (Wildman–Crippen MR) is 101 cm³/mol. The van der Waals surface area contributed by atoms with Gasteiger partial charge in [-0.15, -0.1) is 11.3 Å². The molecule has 1 amide bonds. The Morgan fingerprint density at radius 2 is 2.12 bits per heavy atom. The van der Waals surface area contributed by atoms with Crippen LogP contribution < -0.4 is 5.56 Å². The quantitative estimate of drug-likeness (QED) is 0.710. The summed E-state index contributed by atoms with van der Waals surface area (Å²) in [5.74, 6) is 0.0740. The molecule has 0 radical (unpaired) electrons. The molecule has 1 fully saturated rings. The Kier molecular flexibility index (Phi) is 4.79. The van der Waals surface area contributed by atoms with Gasteiger partial charge in [0.2, 0.25) is 5.91 Å². The smallest absolute Gasteiger partial charge is 0.261 e. The van der Waals surface area contributed by atoms with Crippen LogP contribution in [0.1, 0.15) is 36.7 Å². The van der Waals surface area contributed by atoms with Crippen LogP contribution in [0.15, 0.2) is 47.0 Å². The summed E-state index contributed by atoms with van der Waals surface area (Å²) in [6.45, 7) is 1.10. The normalized spacial score (nSPS) is 17.5. The van der Waals surface area contributed by atoms with Crippen LogP contribution >= 0.6 is 11.3 Å². The second-order valence-electron chi connectivity index (χ2n) is 6.48. The molecule has 134 valence electrons. The molecule has 0 N–H and O–H groups in total. The first-order valence-corrected chi connectivity index (χ1v) is 9.75. The lowest BCUT2D eigenvalue weighted by atomic mass is 10.0. The van der Waals surface area contributed by atoms with E-state index in [-0.39, 0.29) is 17.5 Å². The molecule has 1 aromatic carbocycles. The molecule has 0 bridgehead atoms. The highest BCUT2D eigenvalue weighted by Crippen LogP contribution is 2.32. The summed E-state index contributed by atoms with van der Waals surface area (Å²) in [5, 5.41) is 3.54. The monoisotopic (exact) mass is 368 g/mol. The van der Waals surface area contributed by atoms with Crippen molar-refractivity contribution in [2.24, 2.45) is 0 Å². The SMILES string of the molecule is O=C(CCn1cnc2ccccc2c1=O)N1CCCC[C@@H]1c1nccs1. The number of carbonyl (C=O) groups is 1. The van der Waals surface area contributed by atoms with Gasteiger partial charge in [0.15, 0.2) is 0 Å². The average molecular weight is 368 g/mol. The summed E-state index contributed by atoms with van der Waals surface area (Å²) in [6, 6.07) is 7.35. The molecule has 2 aromatic heterocycles. The fourth-order valence-corrected chi connectivity index (χ4v) is 4.30.